The first kappa shape index (κ1) is 50.0. The lowest BCUT2D eigenvalue weighted by atomic mass is 9.32. The van der Waals surface area contributed by atoms with Crippen LogP contribution in [0.25, 0.3) is 0 Å². The van der Waals surface area contributed by atoms with Crippen LogP contribution in [0.4, 0.5) is 0 Å². The van der Waals surface area contributed by atoms with E-state index >= 15 is 0 Å². The Kier molecular flexibility index (Phi) is 12.9. The molecule has 26 atom stereocenters. The molecule has 18 nitrogen and oxygen atoms in total. The second kappa shape index (κ2) is 17.1. The van der Waals surface area contributed by atoms with Crippen LogP contribution in [0.5, 0.6) is 0 Å². The van der Waals surface area contributed by atoms with E-state index in [0.29, 0.717) is 19.4 Å². The summed E-state index contributed by atoms with van der Waals surface area (Å²) in [6, 6.07) is 0. The average Bonchev–Trinajstić information content (AvgIpc) is 3.55. The number of ether oxygens (including phenoxy) is 7. The molecule has 0 aromatic rings. The molecule has 4 saturated carbocycles. The molecule has 5 aliphatic carbocycles. The molecular formula is C48H78O18. The zero-order valence-corrected chi connectivity index (χ0v) is 39.5. The Morgan fingerprint density at radius 2 is 1.24 bits per heavy atom. The van der Waals surface area contributed by atoms with Crippen LogP contribution >= 0.6 is 0 Å². The largest absolute Gasteiger partial charge is 0.396 e. The van der Waals surface area contributed by atoms with E-state index < -0.39 is 129 Å². The van der Waals surface area contributed by atoms with Gasteiger partial charge >= 0.3 is 0 Å². The maximum atomic E-state index is 12.2. The van der Waals surface area contributed by atoms with E-state index in [2.05, 4.69) is 46.8 Å². The highest BCUT2D eigenvalue weighted by atomic mass is 16.8. The van der Waals surface area contributed by atoms with Crippen molar-refractivity contribution in [1.29, 1.82) is 0 Å². The predicted octanol–water partition coefficient (Wildman–Crippen LogP) is -0.399. The Morgan fingerprint density at radius 3 is 1.91 bits per heavy atom. The third-order valence-electron chi connectivity index (χ3n) is 20.0. The van der Waals surface area contributed by atoms with Crippen molar-refractivity contribution >= 4 is 0 Å². The molecule has 0 radical (unpaired) electrons. The zero-order chi connectivity index (χ0) is 47.9. The van der Waals surface area contributed by atoms with Crippen molar-refractivity contribution in [2.24, 2.45) is 50.2 Å². The van der Waals surface area contributed by atoms with Crippen LogP contribution in [0.1, 0.15) is 99.8 Å². The van der Waals surface area contributed by atoms with Gasteiger partial charge in [0.25, 0.3) is 0 Å². The molecule has 2 bridgehead atoms. The second-order valence-electron chi connectivity index (χ2n) is 23.8. The quantitative estimate of drug-likeness (QED) is 0.104. The van der Waals surface area contributed by atoms with Crippen LogP contribution in [0, 0.1) is 50.2 Å². The van der Waals surface area contributed by atoms with E-state index in [1.165, 1.54) is 0 Å². The number of aliphatic hydroxyl groups is 11. The normalized spacial score (nSPS) is 58.8. The molecule has 9 aliphatic rings. The summed E-state index contributed by atoms with van der Waals surface area (Å²) >= 11 is 0. The summed E-state index contributed by atoms with van der Waals surface area (Å²) in [6.07, 6.45) is -14.0. The van der Waals surface area contributed by atoms with Gasteiger partial charge in [0.05, 0.1) is 50.3 Å². The molecular weight excluding hydrogens is 865 g/mol. The van der Waals surface area contributed by atoms with Crippen molar-refractivity contribution in [3.63, 3.8) is 0 Å². The lowest BCUT2D eigenvalue weighted by molar-refractivity contribution is -0.391. The number of hydrogen-bond acceptors (Lipinski definition) is 18. The molecule has 0 aromatic carbocycles. The molecule has 11 N–H and O–H groups in total. The fraction of sp³-hybridized carbons (Fsp3) is 0.958. The van der Waals surface area contributed by atoms with E-state index in [1.807, 2.05) is 6.92 Å². The van der Waals surface area contributed by atoms with Gasteiger partial charge in [-0.05, 0) is 86.4 Å². The molecule has 8 fully saturated rings. The summed E-state index contributed by atoms with van der Waals surface area (Å²) in [5, 5.41) is 120. The zero-order valence-electron chi connectivity index (χ0n) is 39.5. The highest BCUT2D eigenvalue weighted by molar-refractivity contribution is 5.36. The number of allylic oxidation sites excluding steroid dienone is 1. The summed E-state index contributed by atoms with van der Waals surface area (Å²) in [5.41, 5.74) is -2.28. The second-order valence-corrected chi connectivity index (χ2v) is 23.8. The van der Waals surface area contributed by atoms with Crippen LogP contribution in [-0.4, -0.2) is 193 Å². The minimum Gasteiger partial charge on any atom is -0.396 e. The van der Waals surface area contributed by atoms with Gasteiger partial charge in [0.1, 0.15) is 67.1 Å². The van der Waals surface area contributed by atoms with Crippen molar-refractivity contribution in [1.82, 2.24) is 0 Å². The van der Waals surface area contributed by atoms with Crippen molar-refractivity contribution in [3.8, 4) is 0 Å². The van der Waals surface area contributed by atoms with Gasteiger partial charge in [-0.2, -0.15) is 0 Å². The monoisotopic (exact) mass is 943 g/mol. The molecule has 9 rings (SSSR count). The van der Waals surface area contributed by atoms with Crippen LogP contribution in [-0.2, 0) is 33.2 Å². The first-order chi connectivity index (χ1) is 30.9. The van der Waals surface area contributed by atoms with Gasteiger partial charge in [-0.3, -0.25) is 0 Å². The van der Waals surface area contributed by atoms with E-state index in [1.54, 1.807) is 6.92 Å². The van der Waals surface area contributed by atoms with Gasteiger partial charge < -0.3 is 89.3 Å². The highest BCUT2D eigenvalue weighted by Crippen LogP contribution is 2.79. The van der Waals surface area contributed by atoms with Crippen LogP contribution in [0.2, 0.25) is 0 Å². The summed E-state index contributed by atoms with van der Waals surface area (Å²) in [7, 11) is 0. The van der Waals surface area contributed by atoms with Crippen LogP contribution in [0.15, 0.2) is 12.2 Å². The van der Waals surface area contributed by atoms with Crippen molar-refractivity contribution in [2.45, 2.75) is 210 Å². The lowest BCUT2D eigenvalue weighted by Gasteiger charge is -2.73. The molecule has 18 heteroatoms. The maximum absolute atomic E-state index is 12.2. The minimum absolute atomic E-state index is 0.0325. The predicted molar refractivity (Wildman–Crippen MR) is 229 cm³/mol. The van der Waals surface area contributed by atoms with Crippen molar-refractivity contribution in [3.05, 3.63) is 12.2 Å². The Hall–Kier alpha value is -0.980. The summed E-state index contributed by atoms with van der Waals surface area (Å²) in [6.45, 7) is 14.2. The maximum Gasteiger partial charge on any atom is 0.187 e. The molecule has 1 spiro atoms. The van der Waals surface area contributed by atoms with Crippen LogP contribution in [0.3, 0.4) is 0 Å². The summed E-state index contributed by atoms with van der Waals surface area (Å²) in [5.74, 6) is 0.277. The third kappa shape index (κ3) is 7.01. The molecule has 4 aliphatic heterocycles. The van der Waals surface area contributed by atoms with Crippen LogP contribution < -0.4 is 0 Å². The highest BCUT2D eigenvalue weighted by Gasteiger charge is 2.79. The van der Waals surface area contributed by atoms with Gasteiger partial charge in [0.2, 0.25) is 0 Å². The number of rotatable bonds is 9. The molecule has 1 unspecified atom stereocenters. The summed E-state index contributed by atoms with van der Waals surface area (Å²) in [4.78, 5) is 0. The van der Waals surface area contributed by atoms with Crippen molar-refractivity contribution < 1.29 is 89.3 Å². The fourth-order valence-electron chi connectivity index (χ4n) is 15.8. The number of hydrogen-bond donors (Lipinski definition) is 11. The van der Waals surface area contributed by atoms with E-state index in [9.17, 15) is 56.2 Å². The summed E-state index contributed by atoms with van der Waals surface area (Å²) < 4.78 is 43.3. The molecule has 4 heterocycles. The Labute approximate surface area is 387 Å². The first-order valence-electron chi connectivity index (χ1n) is 24.5. The van der Waals surface area contributed by atoms with Gasteiger partial charge in [-0.25, -0.2) is 0 Å². The Bertz CT molecular complexity index is 1800. The molecule has 0 amide bonds. The molecule has 4 saturated heterocycles. The van der Waals surface area contributed by atoms with Gasteiger partial charge in [0.15, 0.2) is 18.9 Å². The molecule has 378 valence electrons. The van der Waals surface area contributed by atoms with E-state index in [4.69, 9.17) is 33.2 Å². The van der Waals surface area contributed by atoms with Crippen molar-refractivity contribution in [2.75, 3.05) is 26.4 Å². The van der Waals surface area contributed by atoms with E-state index in [0.717, 1.165) is 38.5 Å². The molecule has 66 heavy (non-hydrogen) atoms. The van der Waals surface area contributed by atoms with E-state index in [-0.39, 0.29) is 51.4 Å². The standard InChI is InChI=1S/C48H78O18/c1-22-30(53)37(65-41-38(34(57)32(55)24(19-50)63-41)66-39-35(58)33(56)31(54)23(18-49)62-39)36(59)40(61-22)64-29-10-11-43(4)25(44(29,5)20-51)8-12-45(6)26(43)9-13-48-27-16-42(2,3)14-15-47(27,21-60-48)28(52)17-46(45,48)7/h9,13,22-41,49-59H,8,10-12,14-21H2,1-7H3/t22-,23-,24-,25-,26-,27?,28+,29+,30+,31-,32-,33+,34+,35-,36-,37+,38-,39+,40+,41+,43+,44+,45-,46+,47-,48+/m1/s1. The lowest BCUT2D eigenvalue weighted by Crippen LogP contribution is -2.72. The Balaban J connectivity index is 0.953. The van der Waals surface area contributed by atoms with Gasteiger partial charge in [-0.15, -0.1) is 0 Å². The number of fused-ring (bicyclic) bond motifs is 4. The third-order valence-corrected chi connectivity index (χ3v) is 20.0. The first-order valence-corrected chi connectivity index (χ1v) is 24.5. The van der Waals surface area contributed by atoms with Gasteiger partial charge in [0, 0.05) is 22.2 Å². The molecule has 0 aromatic heterocycles. The topological polar surface area (TPSA) is 287 Å². The number of aliphatic hydroxyl groups excluding tert-OH is 11. The Morgan fingerprint density at radius 1 is 0.606 bits per heavy atom. The smallest absolute Gasteiger partial charge is 0.187 e. The van der Waals surface area contributed by atoms with Gasteiger partial charge in [-0.1, -0.05) is 53.7 Å². The SMILES string of the molecule is C[C@H]1O[C@@H](O[C@H]2CC[C@@]3(C)[C@@H](CC[C@]4(C)[C@@H]3C=C[C@]35OC[C@@]6(CCC(C)(C)CC63)[C@@H](O)C[C@]54C)[C@]2(C)CO)[C@H](O)[C@@H](O[C@@H]2O[C@H](CO)[C@@H](O)[C@H](O)[C@H]2O[C@@H]2O[C@H](CO)[C@@H](O)[C@H](O)[C@H]2O)[C@H]1O. The average molecular weight is 943 g/mol. The minimum atomic E-state index is -1.90. The fourth-order valence-corrected chi connectivity index (χ4v) is 15.8.